The van der Waals surface area contributed by atoms with Crippen molar-refractivity contribution in [3.63, 3.8) is 0 Å². The summed E-state index contributed by atoms with van der Waals surface area (Å²) < 4.78 is 67.3. The molecule has 2 atom stereocenters. The van der Waals surface area contributed by atoms with Gasteiger partial charge in [-0.1, -0.05) is 42.8 Å². The Morgan fingerprint density at radius 2 is 1.76 bits per heavy atom. The van der Waals surface area contributed by atoms with Crippen LogP contribution in [-0.2, 0) is 10.4 Å². The molecule has 2 N–H and O–H groups in total. The molecule has 1 heterocycles. The Balaban J connectivity index is 1.73. The molecular weight excluding hydrogens is 534 g/mol. The smallest absolute Gasteiger partial charge is 0.482 e. The number of hydrogen-bond donors (Lipinski definition) is 2. The molecule has 1 aliphatic heterocycles. The number of carboxylic acid groups (broad SMARTS) is 1. The summed E-state index contributed by atoms with van der Waals surface area (Å²) in [5.41, 5.74) is -3.30. The number of nitrogens with zero attached hydrogens (tertiary/aromatic N) is 1. The number of rotatable bonds is 5. The van der Waals surface area contributed by atoms with Gasteiger partial charge in [0.05, 0.1) is 5.69 Å². The molecule has 1 aliphatic rings. The van der Waals surface area contributed by atoms with Crippen LogP contribution in [0, 0.1) is 5.82 Å². The highest BCUT2D eigenvalue weighted by Gasteiger charge is 2.59. The molecule has 38 heavy (non-hydrogen) atoms. The molecule has 0 radical (unpaired) electrons. The Hall–Kier alpha value is -3.83. The normalized spacial score (nSPS) is 15.8. The number of halogens is 5. The molecule has 3 aromatic carbocycles. The van der Waals surface area contributed by atoms with Crippen molar-refractivity contribution in [2.45, 2.75) is 24.6 Å². The molecule has 0 bridgehead atoms. The number of aliphatic hydroxyl groups is 1. The molecular formula is C26H20ClF4NO6. The minimum absolute atomic E-state index is 0.0417. The standard InChI is InChI=1S/C26H20ClF4NO6/c1-13(17-6-3-14(9-18(17)27)15-4-7-21(19(28)10-15)38-24(34)35)25(36,26(29,30)31)16-5-8-22-20(11-16)32(2)23(33)12-37-22/h3-11,13,36H,12H2,1-2H3,(H,34,35). The highest BCUT2D eigenvalue weighted by Crippen LogP contribution is 2.51. The number of hydrogen-bond acceptors (Lipinski definition) is 5. The van der Waals surface area contributed by atoms with Gasteiger partial charge in [-0.25, -0.2) is 9.18 Å². The highest BCUT2D eigenvalue weighted by atomic mass is 35.5. The maximum Gasteiger partial charge on any atom is 0.511 e. The van der Waals surface area contributed by atoms with Gasteiger partial charge in [0.1, 0.15) is 5.75 Å². The van der Waals surface area contributed by atoms with Crippen molar-refractivity contribution in [3.8, 4) is 22.6 Å². The maximum absolute atomic E-state index is 14.5. The molecule has 12 heteroatoms. The van der Waals surface area contributed by atoms with E-state index in [1.165, 1.54) is 37.4 Å². The molecule has 3 aromatic rings. The molecule has 0 spiro atoms. The lowest BCUT2D eigenvalue weighted by Crippen LogP contribution is -2.47. The Bertz CT molecular complexity index is 1430. The van der Waals surface area contributed by atoms with Crippen molar-refractivity contribution in [1.82, 2.24) is 0 Å². The largest absolute Gasteiger partial charge is 0.511 e. The van der Waals surface area contributed by atoms with E-state index in [1.54, 1.807) is 0 Å². The van der Waals surface area contributed by atoms with Crippen LogP contribution in [0.15, 0.2) is 54.6 Å². The molecule has 4 rings (SSSR count). The van der Waals surface area contributed by atoms with Gasteiger partial charge in [-0.15, -0.1) is 0 Å². The van der Waals surface area contributed by atoms with Crippen LogP contribution in [0.25, 0.3) is 11.1 Å². The van der Waals surface area contributed by atoms with Crippen LogP contribution < -0.4 is 14.4 Å². The summed E-state index contributed by atoms with van der Waals surface area (Å²) in [5, 5.41) is 19.7. The Morgan fingerprint density at radius 3 is 2.37 bits per heavy atom. The maximum atomic E-state index is 14.5. The van der Waals surface area contributed by atoms with Crippen molar-refractivity contribution in [2.75, 3.05) is 18.6 Å². The van der Waals surface area contributed by atoms with Gasteiger partial charge >= 0.3 is 12.3 Å². The van der Waals surface area contributed by atoms with Gasteiger partial charge in [-0.3, -0.25) is 4.79 Å². The first kappa shape index (κ1) is 27.2. The lowest BCUT2D eigenvalue weighted by molar-refractivity contribution is -0.274. The van der Waals surface area contributed by atoms with Crippen LogP contribution in [0.5, 0.6) is 11.5 Å². The molecule has 200 valence electrons. The number of amides is 1. The van der Waals surface area contributed by atoms with Crippen molar-refractivity contribution in [1.29, 1.82) is 0 Å². The SMILES string of the molecule is CC(c1ccc(-c2ccc(OC(=O)O)c(F)c2)cc1Cl)C(O)(c1ccc2c(c1)N(C)C(=O)CO2)C(F)(F)F. The van der Waals surface area contributed by atoms with E-state index in [0.29, 0.717) is 5.56 Å². The molecule has 1 amide bonds. The van der Waals surface area contributed by atoms with E-state index in [2.05, 4.69) is 4.74 Å². The van der Waals surface area contributed by atoms with E-state index in [0.717, 1.165) is 36.1 Å². The quantitative estimate of drug-likeness (QED) is 0.225. The summed E-state index contributed by atoms with van der Waals surface area (Å²) in [6, 6.07) is 10.8. The number of likely N-dealkylation sites (N-methyl/N-ethyl adjacent to an activating group) is 1. The second-order valence-corrected chi connectivity index (χ2v) is 9.07. The van der Waals surface area contributed by atoms with Crippen LogP contribution in [0.2, 0.25) is 5.02 Å². The number of alkyl halides is 3. The zero-order chi connectivity index (χ0) is 28.0. The molecule has 0 saturated heterocycles. The number of anilines is 1. The average Bonchev–Trinajstić information content (AvgIpc) is 2.85. The van der Waals surface area contributed by atoms with Gasteiger partial charge in [0, 0.05) is 18.0 Å². The minimum Gasteiger partial charge on any atom is -0.482 e. The summed E-state index contributed by atoms with van der Waals surface area (Å²) in [6.07, 6.45) is -6.84. The summed E-state index contributed by atoms with van der Waals surface area (Å²) in [4.78, 5) is 23.8. The lowest BCUT2D eigenvalue weighted by Gasteiger charge is -2.38. The first-order valence-electron chi connectivity index (χ1n) is 11.1. The van der Waals surface area contributed by atoms with Crippen LogP contribution in [0.4, 0.5) is 28.0 Å². The fraction of sp³-hybridized carbons (Fsp3) is 0.231. The molecule has 0 aliphatic carbocycles. The average molecular weight is 554 g/mol. The second kappa shape index (κ2) is 9.80. The first-order valence-corrected chi connectivity index (χ1v) is 11.4. The number of carbonyl (C=O) groups is 2. The van der Waals surface area contributed by atoms with Gasteiger partial charge in [0.25, 0.3) is 5.91 Å². The van der Waals surface area contributed by atoms with E-state index in [4.69, 9.17) is 21.4 Å². The van der Waals surface area contributed by atoms with E-state index < -0.39 is 46.9 Å². The lowest BCUT2D eigenvalue weighted by atomic mass is 9.77. The summed E-state index contributed by atoms with van der Waals surface area (Å²) >= 11 is 6.37. The van der Waals surface area contributed by atoms with Gasteiger partial charge < -0.3 is 24.6 Å². The van der Waals surface area contributed by atoms with Gasteiger partial charge in [-0.2, -0.15) is 13.2 Å². The first-order chi connectivity index (χ1) is 17.7. The van der Waals surface area contributed by atoms with Gasteiger partial charge in [0.2, 0.25) is 0 Å². The van der Waals surface area contributed by atoms with Crippen molar-refractivity contribution >= 4 is 29.4 Å². The van der Waals surface area contributed by atoms with E-state index in [1.807, 2.05) is 0 Å². The number of carbonyl (C=O) groups excluding carboxylic acids is 1. The molecule has 0 fully saturated rings. The van der Waals surface area contributed by atoms with E-state index >= 15 is 0 Å². The molecule has 0 aromatic heterocycles. The van der Waals surface area contributed by atoms with Crippen molar-refractivity contribution in [2.24, 2.45) is 0 Å². The Labute approximate surface area is 218 Å². The predicted octanol–water partition coefficient (Wildman–Crippen LogP) is 6.11. The fourth-order valence-electron chi connectivity index (χ4n) is 4.31. The summed E-state index contributed by atoms with van der Waals surface area (Å²) in [7, 11) is 1.39. The third-order valence-electron chi connectivity index (χ3n) is 6.47. The van der Waals surface area contributed by atoms with E-state index in [-0.39, 0.29) is 34.2 Å². The fourth-order valence-corrected chi connectivity index (χ4v) is 4.65. The van der Waals surface area contributed by atoms with Crippen LogP contribution >= 0.6 is 11.6 Å². The van der Waals surface area contributed by atoms with Crippen molar-refractivity contribution < 1.29 is 46.8 Å². The topological polar surface area (TPSA) is 96.3 Å². The van der Waals surface area contributed by atoms with Crippen LogP contribution in [0.1, 0.15) is 24.0 Å². The summed E-state index contributed by atoms with van der Waals surface area (Å²) in [6.45, 7) is 0.904. The highest BCUT2D eigenvalue weighted by molar-refractivity contribution is 6.31. The Kier molecular flexibility index (Phi) is 7.02. The van der Waals surface area contributed by atoms with Crippen LogP contribution in [-0.4, -0.2) is 42.1 Å². The molecule has 7 nitrogen and oxygen atoms in total. The third-order valence-corrected chi connectivity index (χ3v) is 6.80. The van der Waals surface area contributed by atoms with Crippen LogP contribution in [0.3, 0.4) is 0 Å². The Morgan fingerprint density at radius 1 is 1.11 bits per heavy atom. The zero-order valence-electron chi connectivity index (χ0n) is 19.8. The molecule has 0 saturated carbocycles. The predicted molar refractivity (Wildman–Crippen MR) is 129 cm³/mol. The zero-order valence-corrected chi connectivity index (χ0v) is 20.6. The summed E-state index contributed by atoms with van der Waals surface area (Å²) in [5.74, 6) is -3.37. The number of fused-ring (bicyclic) bond motifs is 1. The number of benzene rings is 3. The molecule has 2 unspecified atom stereocenters. The monoisotopic (exact) mass is 553 g/mol. The van der Waals surface area contributed by atoms with E-state index in [9.17, 15) is 32.3 Å². The minimum atomic E-state index is -5.15. The second-order valence-electron chi connectivity index (χ2n) is 8.66. The van der Waals surface area contributed by atoms with Gasteiger partial charge in [0.15, 0.2) is 23.8 Å². The van der Waals surface area contributed by atoms with Crippen molar-refractivity contribution in [3.05, 3.63) is 76.6 Å². The third kappa shape index (κ3) is 4.74. The van der Waals surface area contributed by atoms with Gasteiger partial charge in [-0.05, 0) is 52.6 Å². The number of ether oxygens (including phenoxy) is 2.